The van der Waals surface area contributed by atoms with E-state index in [0.29, 0.717) is 0 Å². The Balaban J connectivity index is 2.59. The van der Waals surface area contributed by atoms with Gasteiger partial charge in [-0.2, -0.15) is 0 Å². The lowest BCUT2D eigenvalue weighted by molar-refractivity contribution is 0.212. The van der Waals surface area contributed by atoms with Gasteiger partial charge in [-0.3, -0.25) is 0 Å². The molecule has 0 radical (unpaired) electrons. The molecule has 0 aliphatic heterocycles. The molecule has 27 heavy (non-hydrogen) atoms. The maximum atomic E-state index is 11.8. The third kappa shape index (κ3) is 9.70. The fraction of sp³-hybridized carbons (Fsp3) is 0.556. The molecule has 1 aromatic rings. The third-order valence-corrected chi connectivity index (χ3v) is 4.68. The summed E-state index contributed by atoms with van der Waals surface area (Å²) in [6, 6.07) is 7.63. The number of rotatable bonds is 8. The minimum Gasteiger partial charge on any atom is -0.339 e. The largest absolute Gasteiger partial charge is 0.339 e. The monoisotopic (exact) mass is 452 g/mol. The van der Waals surface area contributed by atoms with Crippen molar-refractivity contribution in [1.82, 2.24) is 15.5 Å². The Kier molecular flexibility index (Phi) is 10.5. The first-order chi connectivity index (χ1) is 12.6. The predicted octanol–water partition coefficient (Wildman–Crippen LogP) is 5.06. The van der Waals surface area contributed by atoms with Crippen molar-refractivity contribution in [3.05, 3.63) is 29.8 Å². The molecule has 0 spiro atoms. The number of aryl methyl sites for hydroxylation is 1. The number of hydrogen-bond acceptors (Lipinski definition) is 2. The molecule has 9 heteroatoms. The van der Waals surface area contributed by atoms with Gasteiger partial charge in [0.2, 0.25) is 3.79 Å². The topological polar surface area (TPSA) is 56.4 Å². The molecule has 0 aliphatic carbocycles. The molecular weight excluding hydrogens is 427 g/mol. The summed E-state index contributed by atoms with van der Waals surface area (Å²) in [6.07, 6.45) is 5.02. The number of carbonyl (C=O) groups excluding carboxylic acids is 1. The number of hydrogen-bond donors (Lipinski definition) is 3. The van der Waals surface area contributed by atoms with Crippen LogP contribution in [0.15, 0.2) is 24.3 Å². The standard InChI is InChI=1S/C18H27Cl3N4OS/c1-4-5-6-7-8-13-9-11-14(12-10-13)22-16(27)23-15(18(19,20)21)24-17(26)25(2)3/h9-12,15H,4-8H2,1-3H3,(H,24,26)(H2,22,23,27)/t15-/m1/s1. The number of benzene rings is 1. The molecule has 3 N–H and O–H groups in total. The summed E-state index contributed by atoms with van der Waals surface area (Å²) in [7, 11) is 3.18. The Hall–Kier alpha value is -0.950. The van der Waals surface area contributed by atoms with Gasteiger partial charge in [0, 0.05) is 19.8 Å². The average Bonchev–Trinajstić information content (AvgIpc) is 2.58. The molecule has 0 aromatic heterocycles. The maximum absolute atomic E-state index is 11.8. The summed E-state index contributed by atoms with van der Waals surface area (Å²) in [5, 5.41) is 8.66. The molecule has 5 nitrogen and oxygen atoms in total. The van der Waals surface area contributed by atoms with Gasteiger partial charge >= 0.3 is 6.03 Å². The number of carbonyl (C=O) groups is 1. The summed E-state index contributed by atoms with van der Waals surface area (Å²) in [5.41, 5.74) is 2.10. The molecule has 0 saturated carbocycles. The van der Waals surface area contributed by atoms with E-state index in [0.717, 1.165) is 12.1 Å². The molecule has 0 bridgehead atoms. The second kappa shape index (κ2) is 11.8. The Morgan fingerprint density at radius 3 is 2.26 bits per heavy atom. The van der Waals surface area contributed by atoms with Gasteiger partial charge in [0.05, 0.1) is 0 Å². The molecular formula is C18H27Cl3N4OS. The van der Waals surface area contributed by atoms with Crippen molar-refractivity contribution >= 4 is 63.9 Å². The van der Waals surface area contributed by atoms with E-state index in [4.69, 9.17) is 47.0 Å². The quantitative estimate of drug-likeness (QED) is 0.223. The molecule has 0 fully saturated rings. The zero-order valence-corrected chi connectivity index (χ0v) is 18.9. The first-order valence-electron chi connectivity index (χ1n) is 8.84. The summed E-state index contributed by atoms with van der Waals surface area (Å²) in [5.74, 6) is 0. The van der Waals surface area contributed by atoms with Crippen LogP contribution in [0.1, 0.15) is 38.2 Å². The lowest BCUT2D eigenvalue weighted by atomic mass is 10.1. The first-order valence-corrected chi connectivity index (χ1v) is 10.4. The van der Waals surface area contributed by atoms with Crippen LogP contribution in [-0.4, -0.2) is 40.1 Å². The smallest absolute Gasteiger partial charge is 0.318 e. The highest BCUT2D eigenvalue weighted by molar-refractivity contribution is 7.80. The van der Waals surface area contributed by atoms with E-state index < -0.39 is 16.0 Å². The van der Waals surface area contributed by atoms with Crippen molar-refractivity contribution in [3.8, 4) is 0 Å². The van der Waals surface area contributed by atoms with E-state index in [9.17, 15) is 4.79 Å². The number of nitrogens with one attached hydrogen (secondary N) is 3. The van der Waals surface area contributed by atoms with Gasteiger partial charge in [-0.05, 0) is 42.8 Å². The van der Waals surface area contributed by atoms with Gasteiger partial charge in [-0.25, -0.2) is 4.79 Å². The highest BCUT2D eigenvalue weighted by atomic mass is 35.6. The molecule has 1 atom stereocenters. The van der Waals surface area contributed by atoms with Crippen LogP contribution in [-0.2, 0) is 6.42 Å². The first kappa shape index (κ1) is 24.1. The Morgan fingerprint density at radius 1 is 1.11 bits per heavy atom. The minimum absolute atomic E-state index is 0.237. The highest BCUT2D eigenvalue weighted by Crippen LogP contribution is 2.29. The number of alkyl halides is 3. The van der Waals surface area contributed by atoms with E-state index in [-0.39, 0.29) is 5.11 Å². The summed E-state index contributed by atoms with van der Waals surface area (Å²) in [4.78, 5) is 13.2. The molecule has 0 unspecified atom stereocenters. The van der Waals surface area contributed by atoms with Crippen LogP contribution >= 0.6 is 47.0 Å². The zero-order chi connectivity index (χ0) is 20.4. The van der Waals surface area contributed by atoms with Crippen LogP contribution in [0.5, 0.6) is 0 Å². The van der Waals surface area contributed by atoms with E-state index in [1.54, 1.807) is 14.1 Å². The predicted molar refractivity (Wildman–Crippen MR) is 120 cm³/mol. The second-order valence-electron chi connectivity index (χ2n) is 6.42. The average molecular weight is 454 g/mol. The third-order valence-electron chi connectivity index (χ3n) is 3.81. The number of halogens is 3. The summed E-state index contributed by atoms with van der Waals surface area (Å²) < 4.78 is -1.78. The van der Waals surface area contributed by atoms with Crippen LogP contribution in [0, 0.1) is 0 Å². The Bertz CT molecular complexity index is 606. The fourth-order valence-corrected chi connectivity index (χ4v) is 2.82. The van der Waals surface area contributed by atoms with Crippen LogP contribution < -0.4 is 16.0 Å². The van der Waals surface area contributed by atoms with Crippen LogP contribution in [0.3, 0.4) is 0 Å². The Labute approximate surface area is 182 Å². The number of anilines is 1. The van der Waals surface area contributed by atoms with E-state index >= 15 is 0 Å². The molecule has 1 rings (SSSR count). The molecule has 152 valence electrons. The molecule has 1 aromatic carbocycles. The SMILES string of the molecule is CCCCCCc1ccc(NC(=S)N[C@H](NC(=O)N(C)C)C(Cl)(Cl)Cl)cc1. The Morgan fingerprint density at radius 2 is 1.74 bits per heavy atom. The van der Waals surface area contributed by atoms with Crippen molar-refractivity contribution in [2.75, 3.05) is 19.4 Å². The maximum Gasteiger partial charge on any atom is 0.318 e. The van der Waals surface area contributed by atoms with Crippen LogP contribution in [0.4, 0.5) is 10.5 Å². The number of unbranched alkanes of at least 4 members (excludes halogenated alkanes) is 3. The normalized spacial score (nSPS) is 12.2. The van der Waals surface area contributed by atoms with E-state index in [2.05, 4.69) is 35.0 Å². The number of nitrogens with zero attached hydrogens (tertiary/aromatic N) is 1. The van der Waals surface area contributed by atoms with Crippen LogP contribution in [0.2, 0.25) is 0 Å². The van der Waals surface area contributed by atoms with Crippen molar-refractivity contribution in [2.45, 2.75) is 49.0 Å². The van der Waals surface area contributed by atoms with Gasteiger partial charge in [0.15, 0.2) is 11.3 Å². The van der Waals surface area contributed by atoms with Gasteiger partial charge in [0.1, 0.15) is 0 Å². The van der Waals surface area contributed by atoms with Crippen molar-refractivity contribution < 1.29 is 4.79 Å². The van der Waals surface area contributed by atoms with Gasteiger partial charge in [-0.15, -0.1) is 0 Å². The number of urea groups is 1. The zero-order valence-electron chi connectivity index (χ0n) is 15.8. The van der Waals surface area contributed by atoms with Gasteiger partial charge in [0.25, 0.3) is 0 Å². The number of amides is 2. The van der Waals surface area contributed by atoms with Gasteiger partial charge in [-0.1, -0.05) is 73.1 Å². The highest BCUT2D eigenvalue weighted by Gasteiger charge is 2.35. The summed E-state index contributed by atoms with van der Waals surface area (Å²) >= 11 is 23.1. The molecule has 0 aliphatic rings. The van der Waals surface area contributed by atoms with E-state index in [1.165, 1.54) is 36.1 Å². The summed E-state index contributed by atoms with van der Waals surface area (Å²) in [6.45, 7) is 2.20. The van der Waals surface area contributed by atoms with Crippen molar-refractivity contribution in [2.24, 2.45) is 0 Å². The van der Waals surface area contributed by atoms with Crippen molar-refractivity contribution in [3.63, 3.8) is 0 Å². The molecule has 2 amide bonds. The lowest BCUT2D eigenvalue weighted by Crippen LogP contribution is -2.57. The lowest BCUT2D eigenvalue weighted by Gasteiger charge is -2.28. The minimum atomic E-state index is -1.78. The van der Waals surface area contributed by atoms with Crippen LogP contribution in [0.25, 0.3) is 0 Å². The van der Waals surface area contributed by atoms with Crippen molar-refractivity contribution in [1.29, 1.82) is 0 Å². The fourth-order valence-electron chi connectivity index (χ4n) is 2.26. The number of thiocarbonyl (C=S) groups is 1. The van der Waals surface area contributed by atoms with E-state index in [1.807, 2.05) is 12.1 Å². The molecule has 0 saturated heterocycles. The molecule has 0 heterocycles. The van der Waals surface area contributed by atoms with Gasteiger partial charge < -0.3 is 20.9 Å². The second-order valence-corrected chi connectivity index (χ2v) is 9.20.